The molecule has 8 nitrogen and oxygen atoms in total. The lowest BCUT2D eigenvalue weighted by Crippen LogP contribution is -2.30. The average molecular weight is 333 g/mol. The number of anilines is 1. The molecule has 1 aliphatic heterocycles. The van der Waals surface area contributed by atoms with Crippen molar-refractivity contribution in [3.8, 4) is 0 Å². The number of ether oxygens (including phenoxy) is 2. The minimum Gasteiger partial charge on any atom is -0.460 e. The summed E-state index contributed by atoms with van der Waals surface area (Å²) in [5.41, 5.74) is 1.41. The minimum absolute atomic E-state index is 0.116. The standard InChI is InChI=1S/C15H16FN5O3/c1-9-12(14(22)24-7-6-23-2)13(10-4-3-5-11(16)8-10)21-15(17-9)18-19-20-21/h3-5,8,13H,6-7H2,1-2H3,(H,17,18,20)/t13-/m1/s1. The second-order valence-electron chi connectivity index (χ2n) is 5.20. The van der Waals surface area contributed by atoms with Crippen LogP contribution in [0.4, 0.5) is 10.3 Å². The zero-order valence-electron chi connectivity index (χ0n) is 13.2. The second-order valence-corrected chi connectivity index (χ2v) is 5.20. The van der Waals surface area contributed by atoms with Crippen molar-refractivity contribution >= 4 is 11.9 Å². The highest BCUT2D eigenvalue weighted by atomic mass is 19.1. The molecular weight excluding hydrogens is 317 g/mol. The van der Waals surface area contributed by atoms with Crippen LogP contribution in [0.3, 0.4) is 0 Å². The molecule has 1 atom stereocenters. The molecule has 3 rings (SSSR count). The van der Waals surface area contributed by atoms with Gasteiger partial charge in [0, 0.05) is 12.8 Å². The van der Waals surface area contributed by atoms with Crippen LogP contribution >= 0.6 is 0 Å². The van der Waals surface area contributed by atoms with E-state index in [-0.39, 0.29) is 13.2 Å². The number of aromatic nitrogens is 4. The fraction of sp³-hybridized carbons (Fsp3) is 0.333. The number of hydrogen-bond acceptors (Lipinski definition) is 7. The van der Waals surface area contributed by atoms with E-state index in [1.54, 1.807) is 19.1 Å². The van der Waals surface area contributed by atoms with Crippen LogP contribution in [0.15, 0.2) is 35.5 Å². The molecule has 1 aromatic heterocycles. The summed E-state index contributed by atoms with van der Waals surface area (Å²) in [5.74, 6) is -0.576. The molecule has 126 valence electrons. The first-order chi connectivity index (χ1) is 11.6. The first-order valence-corrected chi connectivity index (χ1v) is 7.29. The van der Waals surface area contributed by atoms with Crippen molar-refractivity contribution in [3.63, 3.8) is 0 Å². The lowest BCUT2D eigenvalue weighted by molar-refractivity contribution is -0.140. The van der Waals surface area contributed by atoms with E-state index in [9.17, 15) is 9.18 Å². The van der Waals surface area contributed by atoms with Crippen molar-refractivity contribution in [2.24, 2.45) is 0 Å². The van der Waals surface area contributed by atoms with E-state index in [1.165, 1.54) is 23.9 Å². The summed E-state index contributed by atoms with van der Waals surface area (Å²) in [6, 6.07) is 5.28. The number of carbonyl (C=O) groups excluding carboxylic acids is 1. The van der Waals surface area contributed by atoms with Crippen molar-refractivity contribution in [3.05, 3.63) is 46.9 Å². The highest BCUT2D eigenvalue weighted by Gasteiger charge is 2.35. The first-order valence-electron chi connectivity index (χ1n) is 7.29. The quantitative estimate of drug-likeness (QED) is 0.651. The molecule has 0 unspecified atom stereocenters. The Balaban J connectivity index is 2.02. The Morgan fingerprint density at radius 3 is 3.00 bits per heavy atom. The summed E-state index contributed by atoms with van der Waals surface area (Å²) in [4.78, 5) is 12.5. The maximum absolute atomic E-state index is 13.7. The van der Waals surface area contributed by atoms with Gasteiger partial charge in [-0.1, -0.05) is 17.2 Å². The summed E-state index contributed by atoms with van der Waals surface area (Å²) in [5, 5.41) is 14.3. The highest BCUT2D eigenvalue weighted by molar-refractivity contribution is 5.92. The van der Waals surface area contributed by atoms with Crippen molar-refractivity contribution in [2.75, 3.05) is 25.6 Å². The van der Waals surface area contributed by atoms with Crippen LogP contribution in [0.1, 0.15) is 18.5 Å². The number of allylic oxidation sites excluding steroid dienone is 1. The lowest BCUT2D eigenvalue weighted by atomic mass is 9.96. The largest absolute Gasteiger partial charge is 0.460 e. The van der Waals surface area contributed by atoms with Gasteiger partial charge in [-0.15, -0.1) is 0 Å². The van der Waals surface area contributed by atoms with E-state index >= 15 is 0 Å². The number of fused-ring (bicyclic) bond motifs is 1. The summed E-state index contributed by atoms with van der Waals surface area (Å²) >= 11 is 0. The van der Waals surface area contributed by atoms with Crippen LogP contribution in [-0.4, -0.2) is 46.5 Å². The molecule has 0 aliphatic carbocycles. The fourth-order valence-electron chi connectivity index (χ4n) is 2.56. The molecule has 1 aliphatic rings. The molecule has 1 N–H and O–H groups in total. The fourth-order valence-corrected chi connectivity index (χ4v) is 2.56. The Labute approximate surface area is 137 Å². The third-order valence-electron chi connectivity index (χ3n) is 3.62. The SMILES string of the molecule is COCCOC(=O)C1=C(C)Nc2nnnn2[C@@H]1c1cccc(F)c1. The smallest absolute Gasteiger partial charge is 0.338 e. The van der Waals surface area contributed by atoms with Crippen molar-refractivity contribution < 1.29 is 18.7 Å². The van der Waals surface area contributed by atoms with Crippen LogP contribution in [0.25, 0.3) is 0 Å². The number of methoxy groups -OCH3 is 1. The maximum atomic E-state index is 13.7. The van der Waals surface area contributed by atoms with Gasteiger partial charge in [-0.3, -0.25) is 0 Å². The third kappa shape index (κ3) is 2.98. The number of tetrazole rings is 1. The number of rotatable bonds is 5. The Bertz CT molecular complexity index is 789. The Morgan fingerprint density at radius 1 is 1.42 bits per heavy atom. The van der Waals surface area contributed by atoms with Gasteiger partial charge in [0.1, 0.15) is 18.5 Å². The zero-order valence-corrected chi connectivity index (χ0v) is 13.2. The maximum Gasteiger partial charge on any atom is 0.338 e. The molecule has 0 fully saturated rings. The van der Waals surface area contributed by atoms with Crippen molar-refractivity contribution in [1.82, 2.24) is 20.2 Å². The number of nitrogens with zero attached hydrogens (tertiary/aromatic N) is 4. The van der Waals surface area contributed by atoms with Gasteiger partial charge in [-0.2, -0.15) is 4.68 Å². The van der Waals surface area contributed by atoms with Crippen LogP contribution in [0, 0.1) is 5.82 Å². The Morgan fingerprint density at radius 2 is 2.25 bits per heavy atom. The van der Waals surface area contributed by atoms with Gasteiger partial charge >= 0.3 is 5.97 Å². The van der Waals surface area contributed by atoms with Crippen molar-refractivity contribution in [2.45, 2.75) is 13.0 Å². The van der Waals surface area contributed by atoms with E-state index in [4.69, 9.17) is 9.47 Å². The van der Waals surface area contributed by atoms with Gasteiger partial charge in [-0.25, -0.2) is 9.18 Å². The highest BCUT2D eigenvalue weighted by Crippen LogP contribution is 2.34. The molecule has 0 radical (unpaired) electrons. The Kier molecular flexibility index (Phi) is 4.52. The van der Waals surface area contributed by atoms with E-state index in [0.29, 0.717) is 22.8 Å². The van der Waals surface area contributed by atoms with E-state index in [1.807, 2.05) is 0 Å². The number of esters is 1. The van der Waals surface area contributed by atoms with Gasteiger partial charge in [0.15, 0.2) is 0 Å². The molecule has 9 heteroatoms. The number of carbonyl (C=O) groups is 1. The van der Waals surface area contributed by atoms with Gasteiger partial charge < -0.3 is 14.8 Å². The molecular formula is C15H16FN5O3. The van der Waals surface area contributed by atoms with Crippen LogP contribution in [0.2, 0.25) is 0 Å². The second kappa shape index (κ2) is 6.75. The molecule has 0 amide bonds. The molecule has 2 heterocycles. The normalized spacial score (nSPS) is 16.5. The minimum atomic E-state index is -0.679. The van der Waals surface area contributed by atoms with E-state index in [2.05, 4.69) is 20.8 Å². The predicted molar refractivity (Wildman–Crippen MR) is 81.5 cm³/mol. The van der Waals surface area contributed by atoms with E-state index in [0.717, 1.165) is 0 Å². The van der Waals surface area contributed by atoms with Gasteiger partial charge in [0.25, 0.3) is 0 Å². The molecule has 0 spiro atoms. The number of hydrogen-bond donors (Lipinski definition) is 1. The first kappa shape index (κ1) is 16.1. The van der Waals surface area contributed by atoms with Gasteiger partial charge in [0.2, 0.25) is 5.95 Å². The summed E-state index contributed by atoms with van der Waals surface area (Å²) in [6.07, 6.45) is 0. The number of benzene rings is 1. The predicted octanol–water partition coefficient (Wildman–Crippen LogP) is 1.29. The summed E-state index contributed by atoms with van der Waals surface area (Å²) < 4.78 is 25.2. The number of halogens is 1. The molecule has 1 aromatic carbocycles. The van der Waals surface area contributed by atoms with Gasteiger partial charge in [-0.05, 0) is 35.0 Å². The zero-order chi connectivity index (χ0) is 17.1. The monoisotopic (exact) mass is 333 g/mol. The lowest BCUT2D eigenvalue weighted by Gasteiger charge is -2.27. The van der Waals surface area contributed by atoms with Crippen LogP contribution in [-0.2, 0) is 14.3 Å². The van der Waals surface area contributed by atoms with Gasteiger partial charge in [0.05, 0.1) is 12.2 Å². The number of nitrogens with one attached hydrogen (secondary N) is 1. The third-order valence-corrected chi connectivity index (χ3v) is 3.62. The summed E-state index contributed by atoms with van der Waals surface area (Å²) in [7, 11) is 1.52. The topological polar surface area (TPSA) is 91.2 Å². The molecule has 0 bridgehead atoms. The molecule has 24 heavy (non-hydrogen) atoms. The van der Waals surface area contributed by atoms with Crippen LogP contribution in [0.5, 0.6) is 0 Å². The van der Waals surface area contributed by atoms with Crippen molar-refractivity contribution in [1.29, 1.82) is 0 Å². The molecule has 0 saturated heterocycles. The Hall–Kier alpha value is -2.81. The molecule has 0 saturated carbocycles. The summed E-state index contributed by atoms with van der Waals surface area (Å²) in [6.45, 7) is 2.12. The van der Waals surface area contributed by atoms with E-state index < -0.39 is 17.8 Å². The average Bonchev–Trinajstić information content (AvgIpc) is 3.01. The van der Waals surface area contributed by atoms with Crippen LogP contribution < -0.4 is 5.32 Å². The molecule has 2 aromatic rings.